The SMILES string of the molecule is COC(=O)[C@H]1CC[C@H]2COCC(=O)N2C1. The first-order valence-corrected chi connectivity index (χ1v) is 5.17. The lowest BCUT2D eigenvalue weighted by molar-refractivity contribution is -0.158. The largest absolute Gasteiger partial charge is 0.469 e. The van der Waals surface area contributed by atoms with Crippen molar-refractivity contribution in [3.8, 4) is 0 Å². The first-order valence-electron chi connectivity index (χ1n) is 5.17. The molecule has 1 amide bonds. The highest BCUT2D eigenvalue weighted by atomic mass is 16.5. The number of piperidine rings is 1. The third-order valence-corrected chi connectivity index (χ3v) is 3.10. The first kappa shape index (κ1) is 10.4. The van der Waals surface area contributed by atoms with Gasteiger partial charge in [-0.2, -0.15) is 0 Å². The van der Waals surface area contributed by atoms with Crippen molar-refractivity contribution in [2.45, 2.75) is 18.9 Å². The third-order valence-electron chi connectivity index (χ3n) is 3.10. The highest BCUT2D eigenvalue weighted by Crippen LogP contribution is 2.25. The van der Waals surface area contributed by atoms with Crippen molar-refractivity contribution in [2.75, 3.05) is 26.9 Å². The van der Waals surface area contributed by atoms with Gasteiger partial charge in [-0.05, 0) is 12.8 Å². The smallest absolute Gasteiger partial charge is 0.310 e. The number of esters is 1. The van der Waals surface area contributed by atoms with Gasteiger partial charge in [-0.3, -0.25) is 9.59 Å². The first-order chi connectivity index (χ1) is 7.22. The zero-order chi connectivity index (χ0) is 10.8. The predicted octanol–water partition coefficient (Wildman–Crippen LogP) is -0.203. The van der Waals surface area contributed by atoms with Crippen LogP contribution in [-0.2, 0) is 19.1 Å². The molecule has 0 spiro atoms. The number of carbonyl (C=O) groups excluding carboxylic acids is 2. The summed E-state index contributed by atoms with van der Waals surface area (Å²) in [6, 6.07) is 0.159. The Balaban J connectivity index is 2.02. The van der Waals surface area contributed by atoms with Crippen LogP contribution in [0.1, 0.15) is 12.8 Å². The lowest BCUT2D eigenvalue weighted by Crippen LogP contribution is -2.54. The van der Waals surface area contributed by atoms with Crippen LogP contribution in [0.15, 0.2) is 0 Å². The van der Waals surface area contributed by atoms with Crippen molar-refractivity contribution < 1.29 is 19.1 Å². The lowest BCUT2D eigenvalue weighted by Gasteiger charge is -2.41. The van der Waals surface area contributed by atoms with Gasteiger partial charge in [0.15, 0.2) is 0 Å². The van der Waals surface area contributed by atoms with Gasteiger partial charge >= 0.3 is 5.97 Å². The molecule has 0 saturated carbocycles. The summed E-state index contributed by atoms with van der Waals surface area (Å²) >= 11 is 0. The average Bonchev–Trinajstić information content (AvgIpc) is 2.28. The number of carbonyl (C=O) groups is 2. The zero-order valence-corrected chi connectivity index (χ0v) is 8.77. The number of rotatable bonds is 1. The molecule has 0 aromatic heterocycles. The number of methoxy groups -OCH3 is 1. The van der Waals surface area contributed by atoms with Gasteiger partial charge in [0.2, 0.25) is 5.91 Å². The second-order valence-electron chi connectivity index (χ2n) is 4.01. The van der Waals surface area contributed by atoms with Gasteiger partial charge in [-0.1, -0.05) is 0 Å². The number of nitrogens with zero attached hydrogens (tertiary/aromatic N) is 1. The highest BCUT2D eigenvalue weighted by molar-refractivity contribution is 5.80. The minimum Gasteiger partial charge on any atom is -0.469 e. The fraction of sp³-hybridized carbons (Fsp3) is 0.800. The second-order valence-corrected chi connectivity index (χ2v) is 4.01. The molecule has 0 N–H and O–H groups in total. The Bertz CT molecular complexity index is 279. The van der Waals surface area contributed by atoms with E-state index in [4.69, 9.17) is 9.47 Å². The van der Waals surface area contributed by atoms with Crippen LogP contribution in [0.4, 0.5) is 0 Å². The van der Waals surface area contributed by atoms with Gasteiger partial charge in [0, 0.05) is 6.54 Å². The standard InChI is InChI=1S/C10H15NO4/c1-14-10(13)7-2-3-8-5-15-6-9(12)11(8)4-7/h7-8H,2-6H2,1H3/t7-,8-/m0/s1. The van der Waals surface area contributed by atoms with Gasteiger partial charge in [0.1, 0.15) is 6.61 Å². The van der Waals surface area contributed by atoms with Crippen molar-refractivity contribution in [1.82, 2.24) is 4.90 Å². The highest BCUT2D eigenvalue weighted by Gasteiger charge is 2.37. The van der Waals surface area contributed by atoms with Crippen LogP contribution < -0.4 is 0 Å². The third kappa shape index (κ3) is 1.97. The molecular weight excluding hydrogens is 198 g/mol. The van der Waals surface area contributed by atoms with Crippen LogP contribution in [0.5, 0.6) is 0 Å². The predicted molar refractivity (Wildman–Crippen MR) is 51.1 cm³/mol. The Kier molecular flexibility index (Phi) is 2.90. The summed E-state index contributed by atoms with van der Waals surface area (Å²) in [6.07, 6.45) is 1.61. The van der Waals surface area contributed by atoms with Gasteiger partial charge < -0.3 is 14.4 Å². The summed E-state index contributed by atoms with van der Waals surface area (Å²) in [5.74, 6) is -0.388. The van der Waals surface area contributed by atoms with E-state index in [0.717, 1.165) is 12.8 Å². The van der Waals surface area contributed by atoms with Crippen LogP contribution in [0, 0.1) is 5.92 Å². The molecule has 0 unspecified atom stereocenters. The summed E-state index contributed by atoms with van der Waals surface area (Å²) in [5.41, 5.74) is 0. The van der Waals surface area contributed by atoms with Gasteiger partial charge in [0.25, 0.3) is 0 Å². The Labute approximate surface area is 88.3 Å². The topological polar surface area (TPSA) is 55.8 Å². The minimum atomic E-state index is -0.215. The fourth-order valence-corrected chi connectivity index (χ4v) is 2.23. The van der Waals surface area contributed by atoms with E-state index in [1.165, 1.54) is 7.11 Å². The maximum absolute atomic E-state index is 11.5. The minimum absolute atomic E-state index is 0.0140. The molecule has 0 radical (unpaired) electrons. The molecule has 5 nitrogen and oxygen atoms in total. The van der Waals surface area contributed by atoms with E-state index in [2.05, 4.69) is 0 Å². The normalized spacial score (nSPS) is 31.0. The Hall–Kier alpha value is -1.10. The van der Waals surface area contributed by atoms with Crippen molar-refractivity contribution in [3.05, 3.63) is 0 Å². The Morgan fingerprint density at radius 3 is 3.07 bits per heavy atom. The van der Waals surface area contributed by atoms with Gasteiger partial charge in [-0.15, -0.1) is 0 Å². The van der Waals surface area contributed by atoms with E-state index in [1.807, 2.05) is 0 Å². The molecule has 2 atom stereocenters. The zero-order valence-electron chi connectivity index (χ0n) is 8.77. The number of hydrogen-bond acceptors (Lipinski definition) is 4. The van der Waals surface area contributed by atoms with Crippen LogP contribution in [0.3, 0.4) is 0 Å². The molecule has 2 heterocycles. The summed E-state index contributed by atoms with van der Waals surface area (Å²) in [4.78, 5) is 24.6. The average molecular weight is 213 g/mol. The molecule has 2 aliphatic rings. The van der Waals surface area contributed by atoms with E-state index in [0.29, 0.717) is 13.2 Å². The number of amides is 1. The lowest BCUT2D eigenvalue weighted by atomic mass is 9.92. The van der Waals surface area contributed by atoms with Crippen LogP contribution in [0.25, 0.3) is 0 Å². The molecular formula is C10H15NO4. The van der Waals surface area contributed by atoms with Crippen molar-refractivity contribution in [1.29, 1.82) is 0 Å². The molecule has 0 aromatic rings. The summed E-state index contributed by atoms with van der Waals surface area (Å²) in [6.45, 7) is 1.23. The molecule has 15 heavy (non-hydrogen) atoms. The molecule has 0 aromatic carbocycles. The van der Waals surface area contributed by atoms with Crippen molar-refractivity contribution in [2.24, 2.45) is 5.92 Å². The van der Waals surface area contributed by atoms with E-state index < -0.39 is 0 Å². The quantitative estimate of drug-likeness (QED) is 0.566. The molecule has 2 fully saturated rings. The molecule has 2 rings (SSSR count). The Morgan fingerprint density at radius 2 is 2.33 bits per heavy atom. The van der Waals surface area contributed by atoms with Crippen LogP contribution in [-0.4, -0.2) is 49.7 Å². The van der Waals surface area contributed by atoms with Crippen molar-refractivity contribution >= 4 is 11.9 Å². The summed E-state index contributed by atoms with van der Waals surface area (Å²) in [7, 11) is 1.38. The summed E-state index contributed by atoms with van der Waals surface area (Å²) < 4.78 is 9.86. The molecule has 0 aliphatic carbocycles. The maximum atomic E-state index is 11.5. The molecule has 5 heteroatoms. The number of hydrogen-bond donors (Lipinski definition) is 0. The van der Waals surface area contributed by atoms with Crippen LogP contribution in [0.2, 0.25) is 0 Å². The Morgan fingerprint density at radius 1 is 1.53 bits per heavy atom. The van der Waals surface area contributed by atoms with E-state index in [-0.39, 0.29) is 30.4 Å². The van der Waals surface area contributed by atoms with E-state index in [1.54, 1.807) is 4.90 Å². The van der Waals surface area contributed by atoms with Gasteiger partial charge in [-0.25, -0.2) is 0 Å². The van der Waals surface area contributed by atoms with E-state index in [9.17, 15) is 9.59 Å². The number of morpholine rings is 1. The molecule has 0 bridgehead atoms. The monoisotopic (exact) mass is 213 g/mol. The molecule has 84 valence electrons. The number of ether oxygens (including phenoxy) is 2. The number of fused-ring (bicyclic) bond motifs is 1. The maximum Gasteiger partial charge on any atom is 0.310 e. The van der Waals surface area contributed by atoms with Crippen molar-refractivity contribution in [3.63, 3.8) is 0 Å². The second kappa shape index (κ2) is 4.18. The molecule has 2 saturated heterocycles. The molecule has 2 aliphatic heterocycles. The van der Waals surface area contributed by atoms with E-state index >= 15 is 0 Å². The summed E-state index contributed by atoms with van der Waals surface area (Å²) in [5, 5.41) is 0. The van der Waals surface area contributed by atoms with Gasteiger partial charge in [0.05, 0.1) is 25.7 Å². The fourth-order valence-electron chi connectivity index (χ4n) is 2.23. The van der Waals surface area contributed by atoms with Crippen LogP contribution >= 0.6 is 0 Å².